The minimum absolute atomic E-state index is 0.234. The lowest BCUT2D eigenvalue weighted by Crippen LogP contribution is -2.12. The third-order valence-corrected chi connectivity index (χ3v) is 7.82. The molecule has 0 unspecified atom stereocenters. The summed E-state index contributed by atoms with van der Waals surface area (Å²) in [7, 11) is 0. The first-order valence-electron chi connectivity index (χ1n) is 12.3. The Morgan fingerprint density at radius 3 is 2.68 bits per heavy atom. The highest BCUT2D eigenvalue weighted by Gasteiger charge is 2.28. The Balaban J connectivity index is 1.92. The standard InChI is InChI=1S/C28H35NO4S/c1-7-11-22-16(3)23(27(31)32-8-2)26(34-22)29-15-18-24-17-12-9-10-13-20(17)33-21(24)14-19(25(18)30)28(4,5)6/h14-15,30H,7-13H2,1-6H3. The summed E-state index contributed by atoms with van der Waals surface area (Å²) < 4.78 is 11.6. The van der Waals surface area contributed by atoms with Crippen LogP contribution in [0.3, 0.4) is 0 Å². The van der Waals surface area contributed by atoms with Crippen LogP contribution in [0.2, 0.25) is 0 Å². The molecule has 4 rings (SSSR count). The van der Waals surface area contributed by atoms with Crippen molar-refractivity contribution in [2.45, 2.75) is 85.5 Å². The van der Waals surface area contributed by atoms with E-state index in [0.717, 1.165) is 71.3 Å². The quantitative estimate of drug-likeness (QED) is 0.291. The normalized spacial score (nSPS) is 14.2. The van der Waals surface area contributed by atoms with E-state index in [2.05, 4.69) is 27.7 Å². The number of furan rings is 1. The number of phenolic OH excluding ortho intramolecular Hbond substituents is 1. The monoisotopic (exact) mass is 481 g/mol. The molecule has 6 heteroatoms. The number of aromatic hydroxyl groups is 1. The predicted octanol–water partition coefficient (Wildman–Crippen LogP) is 7.56. The molecule has 0 atom stereocenters. The van der Waals surface area contributed by atoms with Gasteiger partial charge < -0.3 is 14.3 Å². The van der Waals surface area contributed by atoms with Gasteiger partial charge in [-0.1, -0.05) is 34.1 Å². The van der Waals surface area contributed by atoms with Crippen LogP contribution in [-0.4, -0.2) is 23.9 Å². The number of carbonyl (C=O) groups excluding carboxylic acids is 1. The first-order chi connectivity index (χ1) is 16.2. The predicted molar refractivity (Wildman–Crippen MR) is 139 cm³/mol. The molecule has 2 heterocycles. The molecular weight excluding hydrogens is 446 g/mol. The highest BCUT2D eigenvalue weighted by molar-refractivity contribution is 7.16. The zero-order valence-corrected chi connectivity index (χ0v) is 21.9. The van der Waals surface area contributed by atoms with Crippen molar-refractivity contribution in [2.75, 3.05) is 6.61 Å². The summed E-state index contributed by atoms with van der Waals surface area (Å²) in [6.07, 6.45) is 7.68. The zero-order valence-electron chi connectivity index (χ0n) is 21.1. The van der Waals surface area contributed by atoms with Crippen LogP contribution in [0.1, 0.15) is 97.1 Å². The van der Waals surface area contributed by atoms with Crippen molar-refractivity contribution < 1.29 is 19.1 Å². The van der Waals surface area contributed by atoms with Gasteiger partial charge in [-0.25, -0.2) is 9.79 Å². The molecule has 1 N–H and O–H groups in total. The Labute approximate surface area is 205 Å². The van der Waals surface area contributed by atoms with E-state index in [1.54, 1.807) is 6.21 Å². The lowest BCUT2D eigenvalue weighted by Gasteiger charge is -2.21. The van der Waals surface area contributed by atoms with Crippen molar-refractivity contribution in [3.05, 3.63) is 44.5 Å². The van der Waals surface area contributed by atoms with Crippen molar-refractivity contribution in [3.8, 4) is 5.75 Å². The van der Waals surface area contributed by atoms with Crippen molar-refractivity contribution in [2.24, 2.45) is 4.99 Å². The van der Waals surface area contributed by atoms with Crippen molar-refractivity contribution in [1.82, 2.24) is 0 Å². The minimum Gasteiger partial charge on any atom is -0.507 e. The number of thiophene rings is 1. The van der Waals surface area contributed by atoms with Crippen LogP contribution in [0.15, 0.2) is 15.5 Å². The second kappa shape index (κ2) is 9.57. The first-order valence-corrected chi connectivity index (χ1v) is 13.1. The molecule has 1 aliphatic carbocycles. The van der Waals surface area contributed by atoms with Crippen LogP contribution in [0.4, 0.5) is 5.00 Å². The first kappa shape index (κ1) is 24.5. The van der Waals surface area contributed by atoms with E-state index in [9.17, 15) is 9.90 Å². The zero-order chi connectivity index (χ0) is 24.6. The number of aryl methyl sites for hydroxylation is 3. The van der Waals surface area contributed by atoms with E-state index in [1.807, 2.05) is 19.9 Å². The largest absolute Gasteiger partial charge is 0.507 e. The van der Waals surface area contributed by atoms with Crippen LogP contribution in [0.5, 0.6) is 5.75 Å². The molecule has 0 saturated heterocycles. The van der Waals surface area contributed by atoms with Crippen LogP contribution in [-0.2, 0) is 29.4 Å². The van der Waals surface area contributed by atoms with Gasteiger partial charge in [0.05, 0.1) is 12.2 Å². The maximum atomic E-state index is 12.8. The SMILES string of the molecule is CCCc1sc(N=Cc2c(O)c(C(C)(C)C)cc3oc4c(c23)CCCC4)c(C(=O)OCC)c1C. The number of ether oxygens (including phenoxy) is 1. The summed E-state index contributed by atoms with van der Waals surface area (Å²) in [5.74, 6) is 0.910. The number of benzene rings is 1. The molecule has 0 bridgehead atoms. The molecule has 182 valence electrons. The number of aliphatic imine (C=N–C) groups is 1. The topological polar surface area (TPSA) is 72.0 Å². The van der Waals surface area contributed by atoms with E-state index in [1.165, 1.54) is 16.9 Å². The number of hydrogen-bond acceptors (Lipinski definition) is 6. The smallest absolute Gasteiger partial charge is 0.341 e. The molecule has 0 spiro atoms. The number of carbonyl (C=O) groups is 1. The number of esters is 1. The number of fused-ring (bicyclic) bond motifs is 3. The Bertz CT molecular complexity index is 1260. The Morgan fingerprint density at radius 1 is 1.26 bits per heavy atom. The van der Waals surface area contributed by atoms with Gasteiger partial charge in [0.1, 0.15) is 22.1 Å². The van der Waals surface area contributed by atoms with Gasteiger partial charge in [-0.05, 0) is 56.6 Å². The van der Waals surface area contributed by atoms with Crippen LogP contribution < -0.4 is 0 Å². The van der Waals surface area contributed by atoms with Gasteiger partial charge in [-0.3, -0.25) is 0 Å². The molecule has 0 saturated carbocycles. The van der Waals surface area contributed by atoms with Gasteiger partial charge in [-0.15, -0.1) is 11.3 Å². The molecule has 0 amide bonds. The number of nitrogens with zero attached hydrogens (tertiary/aromatic N) is 1. The van der Waals surface area contributed by atoms with Gasteiger partial charge in [0.15, 0.2) is 0 Å². The van der Waals surface area contributed by atoms with Gasteiger partial charge in [0.2, 0.25) is 0 Å². The molecular formula is C28H35NO4S. The summed E-state index contributed by atoms with van der Waals surface area (Å²) in [6.45, 7) is 12.5. The molecule has 0 fully saturated rings. The summed E-state index contributed by atoms with van der Waals surface area (Å²) in [5.41, 5.74) is 4.69. The highest BCUT2D eigenvalue weighted by Crippen LogP contribution is 2.43. The third kappa shape index (κ3) is 4.40. The lowest BCUT2D eigenvalue weighted by atomic mass is 9.83. The minimum atomic E-state index is -0.343. The van der Waals surface area contributed by atoms with E-state index in [0.29, 0.717) is 22.7 Å². The van der Waals surface area contributed by atoms with Crippen LogP contribution in [0.25, 0.3) is 11.0 Å². The van der Waals surface area contributed by atoms with Gasteiger partial charge in [0, 0.05) is 39.6 Å². The van der Waals surface area contributed by atoms with Crippen molar-refractivity contribution in [3.63, 3.8) is 0 Å². The van der Waals surface area contributed by atoms with Crippen molar-refractivity contribution in [1.29, 1.82) is 0 Å². The summed E-state index contributed by atoms with van der Waals surface area (Å²) >= 11 is 1.53. The fourth-order valence-corrected chi connectivity index (χ4v) is 6.05. The van der Waals surface area contributed by atoms with Crippen LogP contribution in [0, 0.1) is 6.92 Å². The van der Waals surface area contributed by atoms with E-state index in [-0.39, 0.29) is 17.1 Å². The molecule has 5 nitrogen and oxygen atoms in total. The second-order valence-corrected chi connectivity index (χ2v) is 11.2. The highest BCUT2D eigenvalue weighted by atomic mass is 32.1. The summed E-state index contributed by atoms with van der Waals surface area (Å²) in [4.78, 5) is 18.7. The molecule has 3 aromatic rings. The van der Waals surface area contributed by atoms with Crippen LogP contribution >= 0.6 is 11.3 Å². The molecule has 2 aromatic heterocycles. The van der Waals surface area contributed by atoms with E-state index < -0.39 is 0 Å². The molecule has 34 heavy (non-hydrogen) atoms. The number of hydrogen-bond donors (Lipinski definition) is 1. The summed E-state index contributed by atoms with van der Waals surface area (Å²) in [6, 6.07) is 1.99. The molecule has 0 aliphatic heterocycles. The van der Waals surface area contributed by atoms with Gasteiger partial charge in [0.25, 0.3) is 0 Å². The third-order valence-electron chi connectivity index (χ3n) is 6.56. The Hall–Kier alpha value is -2.60. The Kier molecular flexibility index (Phi) is 6.90. The van der Waals surface area contributed by atoms with Gasteiger partial charge >= 0.3 is 5.97 Å². The summed E-state index contributed by atoms with van der Waals surface area (Å²) in [5, 5.41) is 13.0. The van der Waals surface area contributed by atoms with Crippen molar-refractivity contribution >= 4 is 39.5 Å². The molecule has 0 radical (unpaired) electrons. The number of phenols is 1. The van der Waals surface area contributed by atoms with E-state index in [4.69, 9.17) is 14.1 Å². The Morgan fingerprint density at radius 2 is 2.00 bits per heavy atom. The average molecular weight is 482 g/mol. The fraction of sp³-hybridized carbons (Fsp3) is 0.500. The average Bonchev–Trinajstić information content (AvgIpc) is 3.30. The van der Waals surface area contributed by atoms with Gasteiger partial charge in [-0.2, -0.15) is 0 Å². The van der Waals surface area contributed by atoms with E-state index >= 15 is 0 Å². The second-order valence-electron chi connectivity index (χ2n) is 10.1. The maximum absolute atomic E-state index is 12.8. The maximum Gasteiger partial charge on any atom is 0.341 e. The molecule has 1 aromatic carbocycles. The number of rotatable bonds is 6. The fourth-order valence-electron chi connectivity index (χ4n) is 4.81. The lowest BCUT2D eigenvalue weighted by molar-refractivity contribution is 0.0527. The molecule has 1 aliphatic rings.